The highest BCUT2D eigenvalue weighted by atomic mass is 19.4. The van der Waals surface area contributed by atoms with E-state index in [1.807, 2.05) is 0 Å². The van der Waals surface area contributed by atoms with Gasteiger partial charge in [-0.1, -0.05) is 31.4 Å². The van der Waals surface area contributed by atoms with E-state index < -0.39 is 24.4 Å². The molecule has 0 amide bonds. The Balaban J connectivity index is 1.54. The van der Waals surface area contributed by atoms with Crippen molar-refractivity contribution in [3.05, 3.63) is 59.4 Å². The van der Waals surface area contributed by atoms with Crippen molar-refractivity contribution in [3.63, 3.8) is 0 Å². The highest BCUT2D eigenvalue weighted by Gasteiger charge is 2.32. The number of anilines is 1. The van der Waals surface area contributed by atoms with Gasteiger partial charge in [-0.2, -0.15) is 22.0 Å². The van der Waals surface area contributed by atoms with Crippen molar-refractivity contribution in [2.45, 2.75) is 69.8 Å². The van der Waals surface area contributed by atoms with Crippen molar-refractivity contribution in [2.75, 3.05) is 11.9 Å². The minimum atomic E-state index is -4.52. The monoisotopic (exact) mass is 537 g/mol. The standard InChI is InChI=1S/C26H28F5N5O2/c27-25(28)38-21-12-11-17(13-22(21)37-15-16-9-10-16)23(32-19-6-4-5-18(14-19)26(29,30)31)24-33-34-35-36(24)20-7-2-1-3-8-20/h4-6,11-14,16,20,23,25,32H,1-3,7-10,15H2. The van der Waals surface area contributed by atoms with Gasteiger partial charge in [-0.3, -0.25) is 0 Å². The number of aromatic nitrogens is 4. The lowest BCUT2D eigenvalue weighted by Gasteiger charge is -2.26. The maximum atomic E-state index is 13.4. The number of nitrogens with one attached hydrogen (secondary N) is 1. The molecule has 2 aliphatic carbocycles. The summed E-state index contributed by atoms with van der Waals surface area (Å²) < 4.78 is 78.6. The van der Waals surface area contributed by atoms with Crippen LogP contribution in [0.1, 0.15) is 74.0 Å². The van der Waals surface area contributed by atoms with Crippen LogP contribution in [0.2, 0.25) is 0 Å². The first-order valence-electron chi connectivity index (χ1n) is 12.7. The van der Waals surface area contributed by atoms with Crippen LogP contribution in [-0.2, 0) is 6.18 Å². The molecule has 12 heteroatoms. The van der Waals surface area contributed by atoms with Gasteiger partial charge < -0.3 is 14.8 Å². The summed E-state index contributed by atoms with van der Waals surface area (Å²) in [5.74, 6) is 0.775. The minimum absolute atomic E-state index is 0.0478. The van der Waals surface area contributed by atoms with Gasteiger partial charge in [0.15, 0.2) is 17.3 Å². The van der Waals surface area contributed by atoms with Gasteiger partial charge >= 0.3 is 12.8 Å². The summed E-state index contributed by atoms with van der Waals surface area (Å²) in [6, 6.07) is 8.60. The van der Waals surface area contributed by atoms with E-state index in [9.17, 15) is 22.0 Å². The van der Waals surface area contributed by atoms with Crippen molar-refractivity contribution >= 4 is 5.69 Å². The molecule has 2 aliphatic rings. The topological polar surface area (TPSA) is 74.1 Å². The zero-order chi connectivity index (χ0) is 26.7. The Morgan fingerprint density at radius 2 is 1.76 bits per heavy atom. The number of benzene rings is 2. The molecule has 2 saturated carbocycles. The van der Waals surface area contributed by atoms with E-state index in [4.69, 9.17) is 4.74 Å². The maximum absolute atomic E-state index is 13.4. The number of ether oxygens (including phenoxy) is 2. The Hall–Kier alpha value is -3.44. The van der Waals surface area contributed by atoms with E-state index in [-0.39, 0.29) is 23.2 Å². The SMILES string of the molecule is FC(F)Oc1ccc(C(Nc2cccc(C(F)(F)F)c2)c2nnnn2C2CCCCC2)cc1OCC1CC1. The molecule has 1 heterocycles. The summed E-state index contributed by atoms with van der Waals surface area (Å²) in [5, 5.41) is 15.5. The second-order valence-electron chi connectivity index (χ2n) is 9.77. The molecule has 0 spiro atoms. The summed E-state index contributed by atoms with van der Waals surface area (Å²) in [6.07, 6.45) is 2.41. The van der Waals surface area contributed by atoms with Gasteiger partial charge in [-0.25, -0.2) is 4.68 Å². The Labute approximate surface area is 216 Å². The van der Waals surface area contributed by atoms with E-state index in [1.54, 1.807) is 16.8 Å². The zero-order valence-electron chi connectivity index (χ0n) is 20.5. The summed E-state index contributed by atoms with van der Waals surface area (Å²) in [5.41, 5.74) is -0.0691. The first-order chi connectivity index (χ1) is 18.3. The number of hydrogen-bond acceptors (Lipinski definition) is 6. The summed E-state index contributed by atoms with van der Waals surface area (Å²) in [4.78, 5) is 0. The molecule has 0 saturated heterocycles. The molecule has 7 nitrogen and oxygen atoms in total. The lowest BCUT2D eigenvalue weighted by molar-refractivity contribution is -0.137. The Bertz CT molecular complexity index is 1220. The van der Waals surface area contributed by atoms with E-state index in [2.05, 4.69) is 25.6 Å². The van der Waals surface area contributed by atoms with Crippen molar-refractivity contribution in [2.24, 2.45) is 5.92 Å². The quantitative estimate of drug-likeness (QED) is 0.287. The molecule has 1 N–H and O–H groups in total. The van der Waals surface area contributed by atoms with Crippen LogP contribution >= 0.6 is 0 Å². The Morgan fingerprint density at radius 3 is 2.47 bits per heavy atom. The predicted octanol–water partition coefficient (Wildman–Crippen LogP) is 6.79. The third kappa shape index (κ3) is 6.33. The van der Waals surface area contributed by atoms with Crippen LogP contribution < -0.4 is 14.8 Å². The van der Waals surface area contributed by atoms with Gasteiger partial charge in [0.05, 0.1) is 18.2 Å². The van der Waals surface area contributed by atoms with Crippen molar-refractivity contribution in [1.82, 2.24) is 20.2 Å². The van der Waals surface area contributed by atoms with Gasteiger partial charge in [0.25, 0.3) is 0 Å². The van der Waals surface area contributed by atoms with Gasteiger partial charge in [-0.05, 0) is 77.9 Å². The van der Waals surface area contributed by atoms with Gasteiger partial charge in [0.1, 0.15) is 6.04 Å². The lowest BCUT2D eigenvalue weighted by Crippen LogP contribution is -2.23. The Kier molecular flexibility index (Phi) is 7.66. The average molecular weight is 538 g/mol. The molecule has 204 valence electrons. The molecule has 5 rings (SSSR count). The van der Waals surface area contributed by atoms with Gasteiger partial charge in [-0.15, -0.1) is 5.10 Å². The third-order valence-corrected chi connectivity index (χ3v) is 6.89. The minimum Gasteiger partial charge on any atom is -0.489 e. The van der Waals surface area contributed by atoms with Crippen LogP contribution in [0.5, 0.6) is 11.5 Å². The van der Waals surface area contributed by atoms with Crippen molar-refractivity contribution < 1.29 is 31.4 Å². The second-order valence-corrected chi connectivity index (χ2v) is 9.77. The van der Waals surface area contributed by atoms with E-state index in [0.29, 0.717) is 23.9 Å². The molecule has 1 unspecified atom stereocenters. The van der Waals surface area contributed by atoms with Crippen molar-refractivity contribution in [1.29, 1.82) is 0 Å². The molecule has 3 aromatic rings. The van der Waals surface area contributed by atoms with Crippen LogP contribution in [-0.4, -0.2) is 33.4 Å². The molecular weight excluding hydrogens is 509 g/mol. The highest BCUT2D eigenvalue weighted by Crippen LogP contribution is 2.39. The normalized spacial score (nSPS) is 17.4. The largest absolute Gasteiger partial charge is 0.489 e. The molecule has 0 bridgehead atoms. The second kappa shape index (κ2) is 11.1. The van der Waals surface area contributed by atoms with E-state index >= 15 is 0 Å². The number of hydrogen-bond donors (Lipinski definition) is 1. The maximum Gasteiger partial charge on any atom is 0.416 e. The fourth-order valence-corrected chi connectivity index (χ4v) is 4.73. The molecule has 0 aliphatic heterocycles. The number of rotatable bonds is 10. The molecule has 0 radical (unpaired) electrons. The van der Waals surface area contributed by atoms with E-state index in [0.717, 1.165) is 57.1 Å². The zero-order valence-corrected chi connectivity index (χ0v) is 20.5. The summed E-state index contributed by atoms with van der Waals surface area (Å²) in [7, 11) is 0. The molecular formula is C26H28F5N5O2. The lowest BCUT2D eigenvalue weighted by atomic mass is 9.95. The summed E-state index contributed by atoms with van der Waals surface area (Å²) in [6.45, 7) is -2.68. The van der Waals surface area contributed by atoms with Crippen LogP contribution in [0.25, 0.3) is 0 Å². The first-order valence-corrected chi connectivity index (χ1v) is 12.7. The number of alkyl halides is 5. The fourth-order valence-electron chi connectivity index (χ4n) is 4.73. The van der Waals surface area contributed by atoms with Crippen LogP contribution in [0.15, 0.2) is 42.5 Å². The van der Waals surface area contributed by atoms with E-state index in [1.165, 1.54) is 18.2 Å². The smallest absolute Gasteiger partial charge is 0.416 e. The molecule has 2 fully saturated rings. The van der Waals surface area contributed by atoms with Crippen LogP contribution in [0, 0.1) is 5.92 Å². The average Bonchev–Trinajstić information content (AvgIpc) is 3.60. The first kappa shape index (κ1) is 26.2. The molecule has 1 atom stereocenters. The van der Waals surface area contributed by atoms with Crippen LogP contribution in [0.4, 0.5) is 27.6 Å². The summed E-state index contributed by atoms with van der Waals surface area (Å²) >= 11 is 0. The third-order valence-electron chi connectivity index (χ3n) is 6.89. The van der Waals surface area contributed by atoms with Crippen LogP contribution in [0.3, 0.4) is 0 Å². The molecule has 2 aromatic carbocycles. The van der Waals surface area contributed by atoms with Gasteiger partial charge in [0.2, 0.25) is 0 Å². The highest BCUT2D eigenvalue weighted by molar-refractivity contribution is 5.52. The fraction of sp³-hybridized carbons (Fsp3) is 0.500. The van der Waals surface area contributed by atoms with Crippen molar-refractivity contribution in [3.8, 4) is 11.5 Å². The molecule has 38 heavy (non-hydrogen) atoms. The Morgan fingerprint density at radius 1 is 0.974 bits per heavy atom. The number of tetrazole rings is 1. The molecule has 1 aromatic heterocycles. The number of halogens is 5. The number of nitrogens with zero attached hydrogens (tertiary/aromatic N) is 4. The van der Waals surface area contributed by atoms with Gasteiger partial charge in [0, 0.05) is 5.69 Å². The predicted molar refractivity (Wildman–Crippen MR) is 128 cm³/mol.